The van der Waals surface area contributed by atoms with Crippen LogP contribution in [0.5, 0.6) is 0 Å². The largest absolute Gasteiger partial charge is 0.451 e. The first-order valence-corrected chi connectivity index (χ1v) is 9.60. The van der Waals surface area contributed by atoms with Gasteiger partial charge in [-0.25, -0.2) is 28.5 Å². The number of para-hydroxylation sites is 1. The van der Waals surface area contributed by atoms with E-state index in [1.54, 1.807) is 41.2 Å². The minimum Gasteiger partial charge on any atom is -0.382 e. The standard InChI is InChI=1S/C21H14F4N8/c22-16-3-1-2-4-17(16)32-10-12(7-30-32)5-14-6-15(18-19(26)29-11-31-33(14)18)13-8-27-20(28-9-13)21(23,24)25/h1-4,6-11H,5H2,(H2,26,29,31). The number of hydrogen-bond donors (Lipinski definition) is 1. The second-order valence-electron chi connectivity index (χ2n) is 7.17. The number of benzene rings is 1. The van der Waals surface area contributed by atoms with Crippen molar-refractivity contribution in [1.82, 2.24) is 34.3 Å². The highest BCUT2D eigenvalue weighted by Gasteiger charge is 2.34. The average Bonchev–Trinajstić information content (AvgIpc) is 3.40. The summed E-state index contributed by atoms with van der Waals surface area (Å²) >= 11 is 0. The predicted octanol–water partition coefficient (Wildman–Crippen LogP) is 3.70. The Labute approximate surface area is 183 Å². The molecule has 0 saturated heterocycles. The molecule has 5 aromatic rings. The highest BCUT2D eigenvalue weighted by molar-refractivity contribution is 5.87. The van der Waals surface area contributed by atoms with E-state index in [1.807, 2.05) is 0 Å². The van der Waals surface area contributed by atoms with E-state index in [0.29, 0.717) is 34.4 Å². The van der Waals surface area contributed by atoms with Crippen molar-refractivity contribution >= 4 is 11.3 Å². The second kappa shape index (κ2) is 7.65. The van der Waals surface area contributed by atoms with Gasteiger partial charge in [-0.05, 0) is 23.8 Å². The molecule has 0 aliphatic heterocycles. The predicted molar refractivity (Wildman–Crippen MR) is 110 cm³/mol. The summed E-state index contributed by atoms with van der Waals surface area (Å²) in [4.78, 5) is 10.8. The Morgan fingerprint density at radius 1 is 0.970 bits per heavy atom. The van der Waals surface area contributed by atoms with Crippen LogP contribution in [0, 0.1) is 5.82 Å². The first kappa shape index (κ1) is 20.5. The fourth-order valence-corrected chi connectivity index (χ4v) is 3.52. The van der Waals surface area contributed by atoms with Crippen molar-refractivity contribution < 1.29 is 17.6 Å². The smallest absolute Gasteiger partial charge is 0.382 e. The third kappa shape index (κ3) is 3.75. The minimum atomic E-state index is -4.65. The lowest BCUT2D eigenvalue weighted by atomic mass is 10.1. The number of halogens is 4. The Hall–Kier alpha value is -4.35. The first-order valence-electron chi connectivity index (χ1n) is 9.60. The van der Waals surface area contributed by atoms with Gasteiger partial charge in [-0.15, -0.1) is 0 Å². The van der Waals surface area contributed by atoms with Gasteiger partial charge in [-0.2, -0.15) is 23.4 Å². The maximum atomic E-state index is 14.1. The number of anilines is 1. The van der Waals surface area contributed by atoms with Crippen molar-refractivity contribution in [1.29, 1.82) is 0 Å². The van der Waals surface area contributed by atoms with Crippen LogP contribution in [0.25, 0.3) is 22.3 Å². The van der Waals surface area contributed by atoms with Gasteiger partial charge in [0.05, 0.1) is 6.20 Å². The highest BCUT2D eigenvalue weighted by atomic mass is 19.4. The lowest BCUT2D eigenvalue weighted by Crippen LogP contribution is -2.10. The Morgan fingerprint density at radius 2 is 1.73 bits per heavy atom. The maximum absolute atomic E-state index is 14.1. The van der Waals surface area contributed by atoms with Crippen LogP contribution in [-0.4, -0.2) is 34.3 Å². The van der Waals surface area contributed by atoms with Crippen LogP contribution in [0.2, 0.25) is 0 Å². The summed E-state index contributed by atoms with van der Waals surface area (Å²) in [5.74, 6) is -1.50. The SMILES string of the molecule is Nc1ncnn2c(Cc3cnn(-c4ccccc4F)c3)cc(-c3cnc(C(F)(F)F)nc3)c12. The summed E-state index contributed by atoms with van der Waals surface area (Å²) in [5, 5.41) is 8.46. The van der Waals surface area contributed by atoms with Gasteiger partial charge in [-0.3, -0.25) is 0 Å². The summed E-state index contributed by atoms with van der Waals surface area (Å²) in [6, 6.07) is 7.97. The molecule has 4 aromatic heterocycles. The van der Waals surface area contributed by atoms with Crippen LogP contribution in [0.3, 0.4) is 0 Å². The molecule has 0 aliphatic rings. The van der Waals surface area contributed by atoms with E-state index < -0.39 is 17.8 Å². The van der Waals surface area contributed by atoms with Gasteiger partial charge < -0.3 is 5.73 Å². The maximum Gasteiger partial charge on any atom is 0.451 e. The normalized spacial score (nSPS) is 11.9. The molecule has 166 valence electrons. The van der Waals surface area contributed by atoms with Gasteiger partial charge in [0.1, 0.15) is 23.3 Å². The Kier molecular flexibility index (Phi) is 4.77. The first-order chi connectivity index (χ1) is 15.8. The summed E-state index contributed by atoms with van der Waals surface area (Å²) in [7, 11) is 0. The molecule has 0 atom stereocenters. The summed E-state index contributed by atoms with van der Waals surface area (Å²) in [6.07, 6.45) is 2.41. The van der Waals surface area contributed by atoms with Crippen LogP contribution < -0.4 is 5.73 Å². The average molecular weight is 454 g/mol. The fourth-order valence-electron chi connectivity index (χ4n) is 3.52. The molecular weight excluding hydrogens is 440 g/mol. The minimum absolute atomic E-state index is 0.146. The molecule has 4 heterocycles. The van der Waals surface area contributed by atoms with E-state index in [4.69, 9.17) is 5.73 Å². The van der Waals surface area contributed by atoms with Crippen LogP contribution in [0.15, 0.2) is 61.4 Å². The van der Waals surface area contributed by atoms with Crippen LogP contribution in [-0.2, 0) is 12.6 Å². The Morgan fingerprint density at radius 3 is 2.45 bits per heavy atom. The number of nitrogens with two attached hydrogens (primary N) is 1. The molecule has 12 heteroatoms. The van der Waals surface area contributed by atoms with Crippen molar-refractivity contribution in [2.75, 3.05) is 5.73 Å². The molecule has 0 radical (unpaired) electrons. The molecular formula is C21H14F4N8. The molecule has 0 unspecified atom stereocenters. The van der Waals surface area contributed by atoms with E-state index in [0.717, 1.165) is 18.0 Å². The topological polar surface area (TPSA) is 99.8 Å². The summed E-state index contributed by atoms with van der Waals surface area (Å²) < 4.78 is 55.6. The zero-order valence-corrected chi connectivity index (χ0v) is 16.7. The van der Waals surface area contributed by atoms with E-state index in [9.17, 15) is 17.6 Å². The lowest BCUT2D eigenvalue weighted by Gasteiger charge is -2.05. The monoisotopic (exact) mass is 454 g/mol. The molecule has 2 N–H and O–H groups in total. The van der Waals surface area contributed by atoms with Crippen LogP contribution in [0.4, 0.5) is 23.4 Å². The van der Waals surface area contributed by atoms with Crippen molar-refractivity contribution in [3.63, 3.8) is 0 Å². The molecule has 8 nitrogen and oxygen atoms in total. The number of alkyl halides is 3. The third-order valence-electron chi connectivity index (χ3n) is 4.99. The fraction of sp³-hybridized carbons (Fsp3) is 0.0952. The van der Waals surface area contributed by atoms with E-state index >= 15 is 0 Å². The third-order valence-corrected chi connectivity index (χ3v) is 4.99. The van der Waals surface area contributed by atoms with Gasteiger partial charge in [0.15, 0.2) is 5.82 Å². The second-order valence-corrected chi connectivity index (χ2v) is 7.17. The zero-order chi connectivity index (χ0) is 23.2. The van der Waals surface area contributed by atoms with E-state index in [2.05, 4.69) is 25.1 Å². The van der Waals surface area contributed by atoms with Gasteiger partial charge in [0, 0.05) is 41.8 Å². The Bertz CT molecular complexity index is 1450. The van der Waals surface area contributed by atoms with Crippen molar-refractivity contribution in [3.8, 4) is 16.8 Å². The lowest BCUT2D eigenvalue weighted by molar-refractivity contribution is -0.144. The van der Waals surface area contributed by atoms with Crippen LogP contribution in [0.1, 0.15) is 17.1 Å². The highest BCUT2D eigenvalue weighted by Crippen LogP contribution is 2.32. The van der Waals surface area contributed by atoms with Crippen LogP contribution >= 0.6 is 0 Å². The summed E-state index contributed by atoms with van der Waals surface area (Å²) in [6.45, 7) is 0. The molecule has 5 rings (SSSR count). The van der Waals surface area contributed by atoms with Gasteiger partial charge in [0.25, 0.3) is 0 Å². The molecule has 0 bridgehead atoms. The zero-order valence-electron chi connectivity index (χ0n) is 16.7. The number of nitrogen functional groups attached to an aromatic ring is 1. The number of nitrogens with zero attached hydrogens (tertiary/aromatic N) is 7. The quantitative estimate of drug-likeness (QED) is 0.416. The van der Waals surface area contributed by atoms with Crippen molar-refractivity contribution in [3.05, 3.63) is 84.3 Å². The molecule has 0 aliphatic carbocycles. The molecule has 0 saturated carbocycles. The van der Waals surface area contributed by atoms with Crippen molar-refractivity contribution in [2.24, 2.45) is 0 Å². The molecule has 0 amide bonds. The van der Waals surface area contributed by atoms with Gasteiger partial charge in [-0.1, -0.05) is 12.1 Å². The number of aromatic nitrogens is 7. The van der Waals surface area contributed by atoms with E-state index in [-0.39, 0.29) is 5.82 Å². The Balaban J connectivity index is 1.54. The van der Waals surface area contributed by atoms with Gasteiger partial charge >= 0.3 is 6.18 Å². The molecule has 33 heavy (non-hydrogen) atoms. The molecule has 1 aromatic carbocycles. The molecule has 0 spiro atoms. The van der Waals surface area contributed by atoms with E-state index in [1.165, 1.54) is 17.1 Å². The summed E-state index contributed by atoms with van der Waals surface area (Å²) in [5.41, 5.74) is 9.00. The van der Waals surface area contributed by atoms with Gasteiger partial charge in [0.2, 0.25) is 5.82 Å². The molecule has 0 fully saturated rings. The van der Waals surface area contributed by atoms with Crippen molar-refractivity contribution in [2.45, 2.75) is 12.6 Å². The number of hydrogen-bond acceptors (Lipinski definition) is 6. The number of rotatable bonds is 4. The number of fused-ring (bicyclic) bond motifs is 1.